The van der Waals surface area contributed by atoms with Crippen LogP contribution in [-0.4, -0.2) is 46.3 Å². The first-order valence-corrected chi connectivity index (χ1v) is 9.59. The molecule has 0 saturated carbocycles. The summed E-state index contributed by atoms with van der Waals surface area (Å²) in [6.45, 7) is 7.53. The van der Waals surface area contributed by atoms with Crippen LogP contribution < -0.4 is 10.2 Å². The molecule has 2 aromatic rings. The second kappa shape index (κ2) is 7.50. The number of para-hydroxylation sites is 1. The molecule has 6 heteroatoms. The summed E-state index contributed by atoms with van der Waals surface area (Å²) in [4.78, 5) is 16.5. The predicted octanol–water partition coefficient (Wildman–Crippen LogP) is 2.00. The quantitative estimate of drug-likeness (QED) is 0.893. The van der Waals surface area contributed by atoms with Crippen LogP contribution in [0.15, 0.2) is 36.4 Å². The van der Waals surface area contributed by atoms with Crippen molar-refractivity contribution in [1.82, 2.24) is 20.0 Å². The Kier molecular flexibility index (Phi) is 4.93. The summed E-state index contributed by atoms with van der Waals surface area (Å²) >= 11 is 0. The van der Waals surface area contributed by atoms with Crippen molar-refractivity contribution in [3.8, 4) is 0 Å². The molecule has 6 nitrogen and oxygen atoms in total. The number of benzene rings is 1. The fourth-order valence-corrected chi connectivity index (χ4v) is 3.97. The lowest BCUT2D eigenvalue weighted by Crippen LogP contribution is -2.42. The van der Waals surface area contributed by atoms with Crippen LogP contribution >= 0.6 is 0 Å². The van der Waals surface area contributed by atoms with Gasteiger partial charge in [-0.05, 0) is 24.6 Å². The molecule has 1 unspecified atom stereocenters. The summed E-state index contributed by atoms with van der Waals surface area (Å²) in [6.07, 6.45) is 1.73. The summed E-state index contributed by atoms with van der Waals surface area (Å²) in [5, 5.41) is 7.56. The molecule has 2 aliphatic rings. The van der Waals surface area contributed by atoms with Crippen molar-refractivity contribution in [2.24, 2.45) is 0 Å². The number of hydrogen-bond donors (Lipinski definition) is 1. The number of carbonyl (C=O) groups is 1. The Labute approximate surface area is 154 Å². The third kappa shape index (κ3) is 3.60. The SMILES string of the molecule is CCC(=O)NCc1cc2n(n1)CCN(C1CCN(c3ccccc3)C1)C2. The predicted molar refractivity (Wildman–Crippen MR) is 102 cm³/mol. The highest BCUT2D eigenvalue weighted by atomic mass is 16.1. The minimum atomic E-state index is 0.0737. The molecule has 0 radical (unpaired) electrons. The van der Waals surface area contributed by atoms with E-state index in [4.69, 9.17) is 0 Å². The summed E-state index contributed by atoms with van der Waals surface area (Å²) in [5.74, 6) is 0.0737. The van der Waals surface area contributed by atoms with Gasteiger partial charge in [-0.3, -0.25) is 14.4 Å². The zero-order valence-corrected chi connectivity index (χ0v) is 15.4. The monoisotopic (exact) mass is 353 g/mol. The maximum atomic E-state index is 11.4. The van der Waals surface area contributed by atoms with Gasteiger partial charge in [0.2, 0.25) is 5.91 Å². The van der Waals surface area contributed by atoms with Gasteiger partial charge in [0, 0.05) is 44.3 Å². The highest BCUT2D eigenvalue weighted by molar-refractivity contribution is 5.75. The van der Waals surface area contributed by atoms with E-state index in [-0.39, 0.29) is 5.91 Å². The van der Waals surface area contributed by atoms with Gasteiger partial charge in [-0.25, -0.2) is 0 Å². The van der Waals surface area contributed by atoms with Crippen molar-refractivity contribution in [2.75, 3.05) is 24.5 Å². The first kappa shape index (κ1) is 17.1. The van der Waals surface area contributed by atoms with E-state index in [1.54, 1.807) is 0 Å². The Morgan fingerprint density at radius 1 is 1.23 bits per heavy atom. The normalized spacial score (nSPS) is 20.2. The standard InChI is InChI=1S/C20H27N5O/c1-2-20(26)21-13-16-12-19-15-24(10-11-25(19)22-16)18-8-9-23(14-18)17-6-4-3-5-7-17/h3-7,12,18H,2,8-11,13-15H2,1H3,(H,21,26). The van der Waals surface area contributed by atoms with E-state index in [9.17, 15) is 4.79 Å². The zero-order valence-electron chi connectivity index (χ0n) is 15.4. The van der Waals surface area contributed by atoms with Crippen molar-refractivity contribution in [1.29, 1.82) is 0 Å². The smallest absolute Gasteiger partial charge is 0.220 e. The maximum Gasteiger partial charge on any atom is 0.220 e. The van der Waals surface area contributed by atoms with Crippen LogP contribution in [0.25, 0.3) is 0 Å². The van der Waals surface area contributed by atoms with Crippen molar-refractivity contribution in [2.45, 2.75) is 45.4 Å². The average molecular weight is 353 g/mol. The van der Waals surface area contributed by atoms with Gasteiger partial charge in [0.15, 0.2) is 0 Å². The molecular formula is C20H27N5O. The van der Waals surface area contributed by atoms with E-state index < -0.39 is 0 Å². The van der Waals surface area contributed by atoms with Crippen LogP contribution in [0.3, 0.4) is 0 Å². The number of anilines is 1. The molecule has 0 spiro atoms. The molecule has 0 aliphatic carbocycles. The van der Waals surface area contributed by atoms with Crippen molar-refractivity contribution in [3.05, 3.63) is 47.8 Å². The number of hydrogen-bond acceptors (Lipinski definition) is 4. The van der Waals surface area contributed by atoms with Crippen LogP contribution in [-0.2, 0) is 24.4 Å². The fraction of sp³-hybridized carbons (Fsp3) is 0.500. The highest BCUT2D eigenvalue weighted by Gasteiger charge is 2.30. The fourth-order valence-electron chi connectivity index (χ4n) is 3.97. The minimum Gasteiger partial charge on any atom is -0.370 e. The van der Waals surface area contributed by atoms with Crippen molar-refractivity contribution in [3.63, 3.8) is 0 Å². The van der Waals surface area contributed by atoms with E-state index in [1.165, 1.54) is 17.8 Å². The number of carbonyl (C=O) groups excluding carboxylic acids is 1. The second-order valence-electron chi connectivity index (χ2n) is 7.17. The van der Waals surface area contributed by atoms with E-state index in [2.05, 4.69) is 61.3 Å². The van der Waals surface area contributed by atoms with Gasteiger partial charge in [-0.15, -0.1) is 0 Å². The molecule has 26 heavy (non-hydrogen) atoms. The Balaban J connectivity index is 1.36. The number of rotatable bonds is 5. The van der Waals surface area contributed by atoms with Crippen molar-refractivity contribution < 1.29 is 4.79 Å². The van der Waals surface area contributed by atoms with E-state index in [0.29, 0.717) is 19.0 Å². The third-order valence-corrected chi connectivity index (χ3v) is 5.47. The van der Waals surface area contributed by atoms with Gasteiger partial charge < -0.3 is 10.2 Å². The van der Waals surface area contributed by atoms with Crippen LogP contribution in [0.2, 0.25) is 0 Å². The van der Waals surface area contributed by atoms with Crippen LogP contribution in [0.1, 0.15) is 31.2 Å². The minimum absolute atomic E-state index is 0.0737. The highest BCUT2D eigenvalue weighted by Crippen LogP contribution is 2.25. The molecule has 1 amide bonds. The molecule has 2 aliphatic heterocycles. The lowest BCUT2D eigenvalue weighted by molar-refractivity contribution is -0.120. The van der Waals surface area contributed by atoms with Gasteiger partial charge in [0.25, 0.3) is 0 Å². The number of aromatic nitrogens is 2. The molecule has 1 N–H and O–H groups in total. The van der Waals surface area contributed by atoms with Gasteiger partial charge in [-0.2, -0.15) is 5.10 Å². The van der Waals surface area contributed by atoms with Crippen LogP contribution in [0, 0.1) is 0 Å². The maximum absolute atomic E-state index is 11.4. The molecule has 138 valence electrons. The number of nitrogens with zero attached hydrogens (tertiary/aromatic N) is 4. The van der Waals surface area contributed by atoms with E-state index in [1.807, 2.05) is 6.92 Å². The third-order valence-electron chi connectivity index (χ3n) is 5.47. The van der Waals surface area contributed by atoms with Crippen molar-refractivity contribution >= 4 is 11.6 Å². The van der Waals surface area contributed by atoms with Gasteiger partial charge in [-0.1, -0.05) is 25.1 Å². The Bertz CT molecular complexity index is 757. The lowest BCUT2D eigenvalue weighted by Gasteiger charge is -2.32. The van der Waals surface area contributed by atoms with E-state index in [0.717, 1.165) is 38.4 Å². The molecule has 3 heterocycles. The number of nitrogens with one attached hydrogen (secondary N) is 1. The molecule has 1 aromatic carbocycles. The molecule has 4 rings (SSSR count). The topological polar surface area (TPSA) is 53.4 Å². The number of fused-ring (bicyclic) bond motifs is 1. The summed E-state index contributed by atoms with van der Waals surface area (Å²) in [5.41, 5.74) is 3.54. The largest absolute Gasteiger partial charge is 0.370 e. The molecule has 1 fully saturated rings. The second-order valence-corrected chi connectivity index (χ2v) is 7.17. The van der Waals surface area contributed by atoms with Gasteiger partial charge in [0.1, 0.15) is 0 Å². The van der Waals surface area contributed by atoms with Crippen LogP contribution in [0.4, 0.5) is 5.69 Å². The Hall–Kier alpha value is -2.34. The summed E-state index contributed by atoms with van der Waals surface area (Å²) < 4.78 is 2.11. The molecule has 1 saturated heterocycles. The van der Waals surface area contributed by atoms with Gasteiger partial charge >= 0.3 is 0 Å². The molecule has 1 aromatic heterocycles. The van der Waals surface area contributed by atoms with Crippen LogP contribution in [0.5, 0.6) is 0 Å². The van der Waals surface area contributed by atoms with E-state index >= 15 is 0 Å². The summed E-state index contributed by atoms with van der Waals surface area (Å²) in [6, 6.07) is 13.4. The zero-order chi connectivity index (χ0) is 17.9. The summed E-state index contributed by atoms with van der Waals surface area (Å²) in [7, 11) is 0. The lowest BCUT2D eigenvalue weighted by atomic mass is 10.2. The Morgan fingerprint density at radius 3 is 2.88 bits per heavy atom. The number of amides is 1. The average Bonchev–Trinajstić information content (AvgIpc) is 3.33. The van der Waals surface area contributed by atoms with Gasteiger partial charge in [0.05, 0.1) is 24.5 Å². The molecule has 0 bridgehead atoms. The Morgan fingerprint density at radius 2 is 2.08 bits per heavy atom. The first-order chi connectivity index (χ1) is 12.7. The molecule has 1 atom stereocenters. The molecular weight excluding hydrogens is 326 g/mol. The first-order valence-electron chi connectivity index (χ1n) is 9.59.